The van der Waals surface area contributed by atoms with Crippen LogP contribution in [0.1, 0.15) is 76.6 Å². The number of hydrogen-bond acceptors (Lipinski definition) is 6. The molecule has 0 spiro atoms. The zero-order valence-corrected chi connectivity index (χ0v) is 24.8. The number of rotatable bonds is 12. The molecule has 222 valence electrons. The first-order valence-electron chi connectivity index (χ1n) is 13.2. The van der Waals surface area contributed by atoms with Crippen molar-refractivity contribution in [3.05, 3.63) is 62.7 Å². The molecule has 11 heteroatoms. The molecule has 3 N–H and O–H groups in total. The molecule has 0 aliphatic rings. The van der Waals surface area contributed by atoms with E-state index in [1.165, 1.54) is 17.3 Å². The van der Waals surface area contributed by atoms with Gasteiger partial charge in [0.15, 0.2) is 0 Å². The number of alkyl halides is 3. The molecule has 0 aromatic heterocycles. The van der Waals surface area contributed by atoms with Crippen molar-refractivity contribution in [2.24, 2.45) is 0 Å². The second-order valence-electron chi connectivity index (χ2n) is 11.8. The summed E-state index contributed by atoms with van der Waals surface area (Å²) in [6.07, 6.45) is -2.50. The Hall–Kier alpha value is -2.95. The molecular formula is C29H40F3N3O4S. The molecule has 2 rings (SSSR count). The molecule has 0 fully saturated rings. The fourth-order valence-electron chi connectivity index (χ4n) is 4.12. The number of nitro groups is 1. The molecule has 40 heavy (non-hydrogen) atoms. The number of amides is 1. The number of phenolic OH excluding ortho intramolecular Hbond substituents is 1. The van der Waals surface area contributed by atoms with Crippen LogP contribution >= 0.6 is 11.8 Å². The van der Waals surface area contributed by atoms with Gasteiger partial charge in [-0.3, -0.25) is 14.9 Å². The monoisotopic (exact) mass is 583 g/mol. The molecule has 0 saturated heterocycles. The minimum absolute atomic E-state index is 0.00208. The molecule has 0 bridgehead atoms. The van der Waals surface area contributed by atoms with E-state index < -0.39 is 22.4 Å². The van der Waals surface area contributed by atoms with Gasteiger partial charge in [-0.25, -0.2) is 0 Å². The number of thioether (sulfide) groups is 1. The zero-order chi connectivity index (χ0) is 30.3. The van der Waals surface area contributed by atoms with E-state index in [9.17, 15) is 33.2 Å². The lowest BCUT2D eigenvalue weighted by molar-refractivity contribution is -0.384. The first-order valence-corrected chi connectivity index (χ1v) is 14.4. The van der Waals surface area contributed by atoms with Gasteiger partial charge in [-0.2, -0.15) is 24.9 Å². The van der Waals surface area contributed by atoms with E-state index in [0.717, 1.165) is 41.9 Å². The Balaban J connectivity index is 1.75. The summed E-state index contributed by atoms with van der Waals surface area (Å²) in [7, 11) is 0. The van der Waals surface area contributed by atoms with Gasteiger partial charge in [0.25, 0.3) is 5.69 Å². The number of phenols is 1. The summed E-state index contributed by atoms with van der Waals surface area (Å²) in [6, 6.07) is 6.51. The Labute approximate surface area is 238 Å². The molecule has 2 aromatic rings. The van der Waals surface area contributed by atoms with Crippen LogP contribution in [0.15, 0.2) is 30.3 Å². The molecule has 0 aliphatic carbocycles. The van der Waals surface area contributed by atoms with Crippen LogP contribution in [0.4, 0.5) is 24.5 Å². The lowest BCUT2D eigenvalue weighted by Crippen LogP contribution is -2.27. The van der Waals surface area contributed by atoms with Gasteiger partial charge in [-0.1, -0.05) is 53.7 Å². The normalized spacial score (nSPS) is 12.3. The van der Waals surface area contributed by atoms with Gasteiger partial charge in [0, 0.05) is 19.2 Å². The number of benzene rings is 2. The fourth-order valence-corrected chi connectivity index (χ4v) is 4.90. The molecule has 0 radical (unpaired) electrons. The first-order chi connectivity index (χ1) is 18.4. The number of carbonyl (C=O) groups is 1. The van der Waals surface area contributed by atoms with Gasteiger partial charge >= 0.3 is 6.18 Å². The summed E-state index contributed by atoms with van der Waals surface area (Å²) >= 11 is 1.53. The molecule has 0 unspecified atom stereocenters. The average molecular weight is 584 g/mol. The molecule has 0 aliphatic heterocycles. The first kappa shape index (κ1) is 33.3. The van der Waals surface area contributed by atoms with Crippen molar-refractivity contribution in [2.45, 2.75) is 77.8 Å². The Kier molecular flexibility index (Phi) is 11.3. The third kappa shape index (κ3) is 9.91. The number of hydrogen-bond donors (Lipinski definition) is 3. The van der Waals surface area contributed by atoms with Gasteiger partial charge in [0.2, 0.25) is 5.91 Å². The van der Waals surface area contributed by atoms with Crippen LogP contribution in [0.25, 0.3) is 0 Å². The Morgan fingerprint density at radius 2 is 1.57 bits per heavy atom. The van der Waals surface area contributed by atoms with E-state index in [0.29, 0.717) is 30.5 Å². The van der Waals surface area contributed by atoms with Gasteiger partial charge in [-0.15, -0.1) is 0 Å². The Morgan fingerprint density at radius 3 is 2.10 bits per heavy atom. The highest BCUT2D eigenvalue weighted by molar-refractivity contribution is 7.99. The lowest BCUT2D eigenvalue weighted by atomic mass is 9.78. The van der Waals surface area contributed by atoms with E-state index in [2.05, 4.69) is 64.3 Å². The molecule has 0 heterocycles. The number of halogens is 3. The van der Waals surface area contributed by atoms with Crippen molar-refractivity contribution in [1.29, 1.82) is 0 Å². The SMILES string of the molecule is CC(C)(C)c1cc(CCCSCC(=O)NCCCNc2ccc(C(F)(F)F)cc2[N+](=O)[O-])cc(C(C)(C)C)c1O. The molecule has 0 atom stereocenters. The summed E-state index contributed by atoms with van der Waals surface area (Å²) in [4.78, 5) is 22.5. The standard InChI is InChI=1S/C29H40F3N3O4S/c1-27(2,3)21-15-19(16-22(26(21)37)28(4,5)6)9-7-14-40-18-25(36)34-13-8-12-33-23-11-10-20(29(30,31)32)17-24(23)35(38)39/h10-11,15-17,33,37H,7-9,12-14,18H2,1-6H3,(H,34,36). The third-order valence-electron chi connectivity index (χ3n) is 6.29. The summed E-state index contributed by atoms with van der Waals surface area (Å²) in [5.41, 5.74) is 0.933. The fraction of sp³-hybridized carbons (Fsp3) is 0.552. The maximum Gasteiger partial charge on any atom is 0.416 e. The topological polar surface area (TPSA) is 104 Å². The van der Waals surface area contributed by atoms with Crippen LogP contribution in [0.5, 0.6) is 5.75 Å². The number of nitrogens with one attached hydrogen (secondary N) is 2. The molecular weight excluding hydrogens is 543 g/mol. The quantitative estimate of drug-likeness (QED) is 0.139. The van der Waals surface area contributed by atoms with Crippen molar-refractivity contribution < 1.29 is 28.0 Å². The number of nitrogens with zero attached hydrogens (tertiary/aromatic N) is 1. The summed E-state index contributed by atoms with van der Waals surface area (Å²) < 4.78 is 38.5. The second-order valence-corrected chi connectivity index (χ2v) is 12.9. The van der Waals surface area contributed by atoms with Crippen LogP contribution in [0.3, 0.4) is 0 Å². The predicted molar refractivity (Wildman–Crippen MR) is 155 cm³/mol. The van der Waals surface area contributed by atoms with E-state index in [1.54, 1.807) is 0 Å². The number of aryl methyl sites for hydroxylation is 1. The average Bonchev–Trinajstić information content (AvgIpc) is 2.82. The van der Waals surface area contributed by atoms with Crippen molar-refractivity contribution in [1.82, 2.24) is 5.32 Å². The van der Waals surface area contributed by atoms with E-state index in [4.69, 9.17) is 0 Å². The molecule has 7 nitrogen and oxygen atoms in total. The number of aromatic hydroxyl groups is 1. The van der Waals surface area contributed by atoms with Crippen LogP contribution < -0.4 is 10.6 Å². The van der Waals surface area contributed by atoms with E-state index >= 15 is 0 Å². The van der Waals surface area contributed by atoms with Gasteiger partial charge in [0.05, 0.1) is 16.2 Å². The van der Waals surface area contributed by atoms with Crippen LogP contribution in [-0.4, -0.2) is 40.5 Å². The predicted octanol–water partition coefficient (Wildman–Crippen LogP) is 7.20. The van der Waals surface area contributed by atoms with Crippen molar-refractivity contribution in [3.8, 4) is 5.75 Å². The largest absolute Gasteiger partial charge is 0.507 e. The van der Waals surface area contributed by atoms with Crippen molar-refractivity contribution in [3.63, 3.8) is 0 Å². The lowest BCUT2D eigenvalue weighted by Gasteiger charge is -2.28. The van der Waals surface area contributed by atoms with Crippen molar-refractivity contribution >= 4 is 29.0 Å². The summed E-state index contributed by atoms with van der Waals surface area (Å²) in [5, 5.41) is 27.6. The van der Waals surface area contributed by atoms with Crippen LogP contribution in [0, 0.1) is 10.1 Å². The second kappa shape index (κ2) is 13.6. The molecule has 2 aromatic carbocycles. The molecule has 1 amide bonds. The highest BCUT2D eigenvalue weighted by atomic mass is 32.2. The van der Waals surface area contributed by atoms with Gasteiger partial charge in [-0.05, 0) is 64.7 Å². The number of anilines is 1. The summed E-state index contributed by atoms with van der Waals surface area (Å²) in [5.74, 6) is 1.33. The maximum atomic E-state index is 12.8. The smallest absolute Gasteiger partial charge is 0.416 e. The Morgan fingerprint density at radius 1 is 0.975 bits per heavy atom. The number of carbonyl (C=O) groups excluding carboxylic acids is 1. The minimum atomic E-state index is -4.66. The van der Waals surface area contributed by atoms with E-state index in [1.807, 2.05) is 0 Å². The third-order valence-corrected chi connectivity index (χ3v) is 7.33. The highest BCUT2D eigenvalue weighted by Gasteiger charge is 2.33. The highest BCUT2D eigenvalue weighted by Crippen LogP contribution is 2.40. The van der Waals surface area contributed by atoms with Crippen LogP contribution in [0.2, 0.25) is 0 Å². The summed E-state index contributed by atoms with van der Waals surface area (Å²) in [6.45, 7) is 13.1. The zero-order valence-electron chi connectivity index (χ0n) is 24.0. The van der Waals surface area contributed by atoms with E-state index in [-0.39, 0.29) is 29.0 Å². The van der Waals surface area contributed by atoms with Crippen LogP contribution in [-0.2, 0) is 28.2 Å². The maximum absolute atomic E-state index is 12.8. The molecule has 0 saturated carbocycles. The van der Waals surface area contributed by atoms with Crippen molar-refractivity contribution in [2.75, 3.05) is 29.9 Å². The number of nitro benzene ring substituents is 1. The van der Waals surface area contributed by atoms with Gasteiger partial charge < -0.3 is 15.7 Å². The minimum Gasteiger partial charge on any atom is -0.507 e. The Bertz CT molecular complexity index is 1150. The van der Waals surface area contributed by atoms with Gasteiger partial charge in [0.1, 0.15) is 11.4 Å².